The average Bonchev–Trinajstić information content (AvgIpc) is 2.65. The fourth-order valence-corrected chi connectivity index (χ4v) is 4.90. The molecule has 0 aromatic heterocycles. The zero-order chi connectivity index (χ0) is 18.7. The maximum Gasteiger partial charge on any atom is 0.213 e. The van der Waals surface area contributed by atoms with Gasteiger partial charge in [-0.2, -0.15) is 0 Å². The first kappa shape index (κ1) is 19.5. The van der Waals surface area contributed by atoms with Crippen LogP contribution in [0.5, 0.6) is 0 Å². The lowest BCUT2D eigenvalue weighted by Gasteiger charge is -2.47. The normalized spacial score (nSPS) is 26.5. The number of aliphatic hydroxyl groups excluding tert-OH is 1. The van der Waals surface area contributed by atoms with Gasteiger partial charge in [0.05, 0.1) is 12.4 Å². The summed E-state index contributed by atoms with van der Waals surface area (Å²) in [7, 11) is -1.57. The van der Waals surface area contributed by atoms with Crippen LogP contribution in [-0.4, -0.2) is 55.9 Å². The van der Waals surface area contributed by atoms with E-state index >= 15 is 0 Å². The number of aliphatic hydroxyl groups is 1. The molecule has 1 aliphatic heterocycles. The van der Waals surface area contributed by atoms with Gasteiger partial charge in [-0.05, 0) is 49.3 Å². The van der Waals surface area contributed by atoms with Gasteiger partial charge in [-0.25, -0.2) is 12.7 Å². The third-order valence-corrected chi connectivity index (χ3v) is 7.57. The zero-order valence-corrected chi connectivity index (χ0v) is 16.5. The number of hydrogen-bond donors (Lipinski definition) is 2. The fourth-order valence-electron chi connectivity index (χ4n) is 4.07. The molecule has 1 aromatic rings. The van der Waals surface area contributed by atoms with Crippen LogP contribution in [0.3, 0.4) is 0 Å². The number of nitrogens with zero attached hydrogens (tertiary/aromatic N) is 1. The number of sulfonamides is 1. The van der Waals surface area contributed by atoms with E-state index in [0.717, 1.165) is 18.4 Å². The SMILES string of the molecule is CCS(=O)(=O)N(C)C[C@@H]1N[C@H](CO)[C@@H]1c1ccc(C2=CCCCC2)cc1. The lowest BCUT2D eigenvalue weighted by molar-refractivity contribution is 0.118. The molecule has 2 aliphatic rings. The molecule has 5 nitrogen and oxygen atoms in total. The molecule has 0 bridgehead atoms. The van der Waals surface area contributed by atoms with Crippen molar-refractivity contribution in [3.63, 3.8) is 0 Å². The number of benzene rings is 1. The number of allylic oxidation sites excluding steroid dienone is 2. The van der Waals surface area contributed by atoms with Gasteiger partial charge in [-0.3, -0.25) is 0 Å². The molecular formula is C20H30N2O3S. The second-order valence-corrected chi connectivity index (χ2v) is 9.73. The standard InChI is InChI=1S/C20H30N2O3S/c1-3-26(24,25)22(2)13-18-20(19(14-23)21-18)17-11-9-16(10-12-17)15-7-5-4-6-8-15/h7,9-12,18-21,23H,3-6,8,13-14H2,1-2H3/t18-,19+,20+/m0/s1. The molecule has 0 spiro atoms. The molecule has 1 aliphatic carbocycles. The number of rotatable bonds is 7. The molecule has 3 rings (SSSR count). The van der Waals surface area contributed by atoms with Crippen LogP contribution in [0.4, 0.5) is 0 Å². The second-order valence-electron chi connectivity index (χ2n) is 7.37. The van der Waals surface area contributed by atoms with Crippen LogP contribution in [0, 0.1) is 0 Å². The average molecular weight is 379 g/mol. The Morgan fingerprint density at radius 3 is 2.50 bits per heavy atom. The summed E-state index contributed by atoms with van der Waals surface area (Å²) in [5, 5.41) is 12.9. The molecule has 3 atom stereocenters. The van der Waals surface area contributed by atoms with Crippen LogP contribution in [0.1, 0.15) is 49.7 Å². The van der Waals surface area contributed by atoms with Crippen LogP contribution < -0.4 is 5.32 Å². The molecule has 1 fully saturated rings. The molecule has 0 amide bonds. The highest BCUT2D eigenvalue weighted by Crippen LogP contribution is 2.34. The first-order valence-electron chi connectivity index (χ1n) is 9.56. The van der Waals surface area contributed by atoms with Crippen molar-refractivity contribution in [2.75, 3.05) is 26.0 Å². The van der Waals surface area contributed by atoms with Gasteiger partial charge in [0.15, 0.2) is 0 Å². The molecule has 26 heavy (non-hydrogen) atoms. The van der Waals surface area contributed by atoms with Gasteiger partial charge >= 0.3 is 0 Å². The van der Waals surface area contributed by atoms with Crippen molar-refractivity contribution >= 4 is 15.6 Å². The predicted molar refractivity (Wildman–Crippen MR) is 106 cm³/mol. The number of hydrogen-bond acceptors (Lipinski definition) is 4. The topological polar surface area (TPSA) is 69.6 Å². The van der Waals surface area contributed by atoms with Gasteiger partial charge < -0.3 is 10.4 Å². The van der Waals surface area contributed by atoms with Crippen LogP contribution in [0.2, 0.25) is 0 Å². The van der Waals surface area contributed by atoms with E-state index in [4.69, 9.17) is 0 Å². The minimum atomic E-state index is -3.20. The third kappa shape index (κ3) is 4.03. The minimum Gasteiger partial charge on any atom is -0.395 e. The lowest BCUT2D eigenvalue weighted by atomic mass is 9.77. The molecule has 1 heterocycles. The number of nitrogens with one attached hydrogen (secondary N) is 1. The summed E-state index contributed by atoms with van der Waals surface area (Å²) in [5.41, 5.74) is 3.87. The highest BCUT2D eigenvalue weighted by atomic mass is 32.2. The highest BCUT2D eigenvalue weighted by Gasteiger charge is 2.42. The predicted octanol–water partition coefficient (Wildman–Crippen LogP) is 2.34. The Morgan fingerprint density at radius 2 is 1.92 bits per heavy atom. The monoisotopic (exact) mass is 378 g/mol. The molecule has 1 saturated heterocycles. The Kier molecular flexibility index (Phi) is 6.17. The Bertz CT molecular complexity index is 743. The van der Waals surface area contributed by atoms with Crippen molar-refractivity contribution in [2.45, 2.75) is 50.6 Å². The quantitative estimate of drug-likeness (QED) is 0.764. The molecule has 6 heteroatoms. The summed E-state index contributed by atoms with van der Waals surface area (Å²) in [6, 6.07) is 8.63. The van der Waals surface area contributed by atoms with Gasteiger partial charge in [-0.15, -0.1) is 0 Å². The maximum absolute atomic E-state index is 12.0. The van der Waals surface area contributed by atoms with Crippen molar-refractivity contribution in [3.8, 4) is 0 Å². The largest absolute Gasteiger partial charge is 0.395 e. The fraction of sp³-hybridized carbons (Fsp3) is 0.600. The summed E-state index contributed by atoms with van der Waals surface area (Å²) in [6.45, 7) is 2.13. The van der Waals surface area contributed by atoms with E-state index in [1.165, 1.54) is 28.3 Å². The zero-order valence-electron chi connectivity index (χ0n) is 15.7. The van der Waals surface area contributed by atoms with E-state index in [9.17, 15) is 13.5 Å². The first-order chi connectivity index (χ1) is 12.5. The van der Waals surface area contributed by atoms with Gasteiger partial charge in [0.25, 0.3) is 0 Å². The second kappa shape index (κ2) is 8.21. The molecule has 0 radical (unpaired) electrons. The molecular weight excluding hydrogens is 348 g/mol. The van der Waals surface area contributed by atoms with E-state index < -0.39 is 10.0 Å². The highest BCUT2D eigenvalue weighted by molar-refractivity contribution is 7.89. The molecule has 144 valence electrons. The first-order valence-corrected chi connectivity index (χ1v) is 11.2. The number of likely N-dealkylation sites (N-methyl/N-ethyl adjacent to an activating group) is 1. The summed E-state index contributed by atoms with van der Waals surface area (Å²) < 4.78 is 25.5. The van der Waals surface area contributed by atoms with E-state index in [1.807, 2.05) is 0 Å². The Labute approximate surface area is 157 Å². The maximum atomic E-state index is 12.0. The third-order valence-electron chi connectivity index (χ3n) is 5.74. The lowest BCUT2D eigenvalue weighted by Crippen LogP contribution is -2.64. The Hall–Kier alpha value is -1.21. The van der Waals surface area contributed by atoms with Crippen molar-refractivity contribution in [2.24, 2.45) is 0 Å². The van der Waals surface area contributed by atoms with Crippen LogP contribution in [0.25, 0.3) is 5.57 Å². The molecule has 1 aromatic carbocycles. The summed E-state index contributed by atoms with van der Waals surface area (Å²) in [6.07, 6.45) is 7.19. The van der Waals surface area contributed by atoms with Crippen LogP contribution in [0.15, 0.2) is 30.3 Å². The summed E-state index contributed by atoms with van der Waals surface area (Å²) >= 11 is 0. The van der Waals surface area contributed by atoms with E-state index in [1.54, 1.807) is 14.0 Å². The molecule has 0 unspecified atom stereocenters. The van der Waals surface area contributed by atoms with Crippen molar-refractivity contribution < 1.29 is 13.5 Å². The van der Waals surface area contributed by atoms with E-state index in [0.29, 0.717) is 6.54 Å². The minimum absolute atomic E-state index is 0.0162. The Balaban J connectivity index is 1.73. The van der Waals surface area contributed by atoms with Crippen molar-refractivity contribution in [1.82, 2.24) is 9.62 Å². The van der Waals surface area contributed by atoms with Gasteiger partial charge in [0, 0.05) is 31.6 Å². The van der Waals surface area contributed by atoms with Crippen molar-refractivity contribution in [1.29, 1.82) is 0 Å². The molecule has 0 saturated carbocycles. The smallest absolute Gasteiger partial charge is 0.213 e. The van der Waals surface area contributed by atoms with E-state index in [-0.39, 0.29) is 30.4 Å². The summed E-state index contributed by atoms with van der Waals surface area (Å²) in [5.74, 6) is 0.234. The van der Waals surface area contributed by atoms with Crippen LogP contribution in [-0.2, 0) is 10.0 Å². The van der Waals surface area contributed by atoms with Gasteiger partial charge in [0.1, 0.15) is 0 Å². The van der Waals surface area contributed by atoms with E-state index in [2.05, 4.69) is 35.7 Å². The molecule has 2 N–H and O–H groups in total. The van der Waals surface area contributed by atoms with Gasteiger partial charge in [-0.1, -0.05) is 30.3 Å². The Morgan fingerprint density at radius 1 is 1.19 bits per heavy atom. The van der Waals surface area contributed by atoms with Gasteiger partial charge in [0.2, 0.25) is 10.0 Å². The van der Waals surface area contributed by atoms with Crippen LogP contribution >= 0.6 is 0 Å². The van der Waals surface area contributed by atoms with Crippen molar-refractivity contribution in [3.05, 3.63) is 41.5 Å². The summed E-state index contributed by atoms with van der Waals surface area (Å²) in [4.78, 5) is 0.